The molecule has 25 heavy (non-hydrogen) atoms. The summed E-state index contributed by atoms with van der Waals surface area (Å²) >= 11 is 3.14. The Morgan fingerprint density at radius 1 is 1.16 bits per heavy atom. The molecule has 1 saturated heterocycles. The zero-order valence-corrected chi connectivity index (χ0v) is 14.5. The minimum absolute atomic E-state index is 0.0421. The largest absolute Gasteiger partial charge is 0.333 e. The second-order valence-corrected chi connectivity index (χ2v) is 6.52. The molecule has 0 bridgehead atoms. The Bertz CT molecular complexity index is 814. The Labute approximate surface area is 151 Å². The third-order valence-corrected chi connectivity index (χ3v) is 4.27. The van der Waals surface area contributed by atoms with Crippen LogP contribution in [0.15, 0.2) is 46.9 Å². The minimum atomic E-state index is -0.597. The zero-order valence-electron chi connectivity index (χ0n) is 12.9. The number of rotatable bonds is 3. The lowest BCUT2D eigenvalue weighted by Crippen LogP contribution is -2.39. The van der Waals surface area contributed by atoms with Crippen LogP contribution in [-0.2, 0) is 4.79 Å². The molecule has 1 aliphatic heterocycles. The predicted molar refractivity (Wildman–Crippen MR) is 93.4 cm³/mol. The fourth-order valence-corrected chi connectivity index (χ4v) is 2.94. The van der Waals surface area contributed by atoms with E-state index in [2.05, 4.69) is 26.6 Å². The lowest BCUT2D eigenvalue weighted by Gasteiger charge is -2.17. The molecule has 0 aliphatic carbocycles. The van der Waals surface area contributed by atoms with Crippen molar-refractivity contribution in [2.75, 3.05) is 16.8 Å². The van der Waals surface area contributed by atoms with Gasteiger partial charge in [-0.3, -0.25) is 4.79 Å². The summed E-state index contributed by atoms with van der Waals surface area (Å²) in [5, 5.41) is 5.06. The van der Waals surface area contributed by atoms with E-state index >= 15 is 0 Å². The summed E-state index contributed by atoms with van der Waals surface area (Å²) in [5.41, 5.74) is 0.607. The lowest BCUT2D eigenvalue weighted by molar-refractivity contribution is -0.117. The molecule has 0 saturated carbocycles. The Kier molecular flexibility index (Phi) is 4.98. The van der Waals surface area contributed by atoms with Crippen LogP contribution in [0.2, 0.25) is 0 Å². The topological polar surface area (TPSA) is 61.4 Å². The standard InChI is InChI=1S/C17H14BrF2N3O2/c18-10-1-6-15(14(20)7-10)22-17(25)21-12-8-16(24)23(9-12)13-4-2-11(19)3-5-13/h1-7,12H,8-9H2,(H2,21,22,25)/t12-/m1/s1. The van der Waals surface area contributed by atoms with Crippen LogP contribution >= 0.6 is 15.9 Å². The van der Waals surface area contributed by atoms with Crippen LogP contribution in [0.3, 0.4) is 0 Å². The maximum Gasteiger partial charge on any atom is 0.319 e. The van der Waals surface area contributed by atoms with Gasteiger partial charge in [-0.25, -0.2) is 13.6 Å². The van der Waals surface area contributed by atoms with E-state index in [0.29, 0.717) is 10.2 Å². The number of nitrogens with one attached hydrogen (secondary N) is 2. The highest BCUT2D eigenvalue weighted by molar-refractivity contribution is 9.10. The van der Waals surface area contributed by atoms with Gasteiger partial charge in [0.1, 0.15) is 11.6 Å². The van der Waals surface area contributed by atoms with Gasteiger partial charge in [0.05, 0.1) is 11.7 Å². The number of urea groups is 1. The van der Waals surface area contributed by atoms with Crippen LogP contribution in [0.5, 0.6) is 0 Å². The third kappa shape index (κ3) is 4.14. The number of carbonyl (C=O) groups excluding carboxylic acids is 2. The van der Waals surface area contributed by atoms with Gasteiger partial charge in [0.15, 0.2) is 0 Å². The van der Waals surface area contributed by atoms with Crippen molar-refractivity contribution in [2.45, 2.75) is 12.5 Å². The van der Waals surface area contributed by atoms with Crippen molar-refractivity contribution in [1.82, 2.24) is 5.32 Å². The minimum Gasteiger partial charge on any atom is -0.333 e. The van der Waals surface area contributed by atoms with Crippen molar-refractivity contribution in [1.29, 1.82) is 0 Å². The highest BCUT2D eigenvalue weighted by Crippen LogP contribution is 2.22. The molecule has 1 heterocycles. The summed E-state index contributed by atoms with van der Waals surface area (Å²) in [6.45, 7) is 0.265. The van der Waals surface area contributed by atoms with Crippen LogP contribution in [0.1, 0.15) is 6.42 Å². The SMILES string of the molecule is O=C(Nc1ccc(Br)cc1F)N[C@@H]1CC(=O)N(c2ccc(F)cc2)C1. The second kappa shape index (κ2) is 7.18. The fourth-order valence-electron chi connectivity index (χ4n) is 2.61. The zero-order chi connectivity index (χ0) is 18.0. The van der Waals surface area contributed by atoms with E-state index in [1.807, 2.05) is 0 Å². The molecule has 0 unspecified atom stereocenters. The number of carbonyl (C=O) groups is 2. The summed E-state index contributed by atoms with van der Waals surface area (Å²) in [6.07, 6.45) is 0.119. The van der Waals surface area contributed by atoms with Gasteiger partial charge in [0, 0.05) is 23.1 Å². The van der Waals surface area contributed by atoms with E-state index in [1.54, 1.807) is 6.07 Å². The van der Waals surface area contributed by atoms with Gasteiger partial charge in [-0.1, -0.05) is 15.9 Å². The summed E-state index contributed by atoms with van der Waals surface area (Å²) in [5.74, 6) is -1.13. The normalized spacial score (nSPS) is 16.8. The molecule has 5 nitrogen and oxygen atoms in total. The molecule has 130 valence electrons. The van der Waals surface area contributed by atoms with Gasteiger partial charge in [0.25, 0.3) is 0 Å². The number of hydrogen-bond donors (Lipinski definition) is 2. The molecule has 2 N–H and O–H groups in total. The number of nitrogens with zero attached hydrogens (tertiary/aromatic N) is 1. The van der Waals surface area contributed by atoms with Crippen molar-refractivity contribution in [2.24, 2.45) is 0 Å². The highest BCUT2D eigenvalue weighted by atomic mass is 79.9. The van der Waals surface area contributed by atoms with E-state index in [-0.39, 0.29) is 30.4 Å². The first-order chi connectivity index (χ1) is 11.9. The first kappa shape index (κ1) is 17.3. The molecule has 0 aromatic heterocycles. The van der Waals surface area contributed by atoms with Crippen molar-refractivity contribution >= 4 is 39.2 Å². The van der Waals surface area contributed by atoms with Gasteiger partial charge in [-0.15, -0.1) is 0 Å². The number of hydrogen-bond acceptors (Lipinski definition) is 2. The molecule has 1 fully saturated rings. The number of halogens is 3. The van der Waals surface area contributed by atoms with Gasteiger partial charge in [0.2, 0.25) is 5.91 Å². The monoisotopic (exact) mass is 409 g/mol. The summed E-state index contributed by atoms with van der Waals surface area (Å²) in [7, 11) is 0. The maximum atomic E-state index is 13.7. The molecule has 3 amide bonds. The van der Waals surface area contributed by atoms with E-state index in [9.17, 15) is 18.4 Å². The Morgan fingerprint density at radius 3 is 2.56 bits per heavy atom. The van der Waals surface area contributed by atoms with E-state index in [4.69, 9.17) is 0 Å². The molecular weight excluding hydrogens is 396 g/mol. The second-order valence-electron chi connectivity index (χ2n) is 5.60. The number of amides is 3. The third-order valence-electron chi connectivity index (χ3n) is 3.78. The summed E-state index contributed by atoms with van der Waals surface area (Å²) < 4.78 is 27.3. The molecule has 1 aliphatic rings. The molecule has 3 rings (SSSR count). The van der Waals surface area contributed by atoms with E-state index in [0.717, 1.165) is 0 Å². The average Bonchev–Trinajstić information content (AvgIpc) is 2.91. The van der Waals surface area contributed by atoms with Crippen molar-refractivity contribution in [3.63, 3.8) is 0 Å². The maximum absolute atomic E-state index is 13.7. The Morgan fingerprint density at radius 2 is 1.88 bits per heavy atom. The first-order valence-corrected chi connectivity index (χ1v) is 8.30. The van der Waals surface area contributed by atoms with Gasteiger partial charge < -0.3 is 15.5 Å². The molecule has 0 spiro atoms. The molecule has 0 radical (unpaired) electrons. The molecule has 2 aromatic carbocycles. The summed E-state index contributed by atoms with van der Waals surface area (Å²) in [4.78, 5) is 25.6. The number of benzene rings is 2. The molecule has 1 atom stereocenters. The quantitative estimate of drug-likeness (QED) is 0.812. The van der Waals surface area contributed by atoms with Crippen LogP contribution in [-0.4, -0.2) is 24.5 Å². The molecule has 8 heteroatoms. The van der Waals surface area contributed by atoms with Crippen molar-refractivity contribution in [3.8, 4) is 0 Å². The van der Waals surface area contributed by atoms with Crippen LogP contribution < -0.4 is 15.5 Å². The van der Waals surface area contributed by atoms with Crippen molar-refractivity contribution in [3.05, 3.63) is 58.6 Å². The van der Waals surface area contributed by atoms with Crippen molar-refractivity contribution < 1.29 is 18.4 Å². The summed E-state index contributed by atoms with van der Waals surface area (Å²) in [6, 6.07) is 8.82. The Balaban J connectivity index is 1.61. The van der Waals surface area contributed by atoms with E-state index < -0.39 is 17.9 Å². The van der Waals surface area contributed by atoms with Gasteiger partial charge in [-0.05, 0) is 42.5 Å². The first-order valence-electron chi connectivity index (χ1n) is 7.51. The average molecular weight is 410 g/mol. The molecule has 2 aromatic rings. The van der Waals surface area contributed by atoms with Gasteiger partial charge in [-0.2, -0.15) is 0 Å². The van der Waals surface area contributed by atoms with Crippen LogP contribution in [0, 0.1) is 11.6 Å². The number of anilines is 2. The highest BCUT2D eigenvalue weighted by Gasteiger charge is 2.31. The molecular formula is C17H14BrF2N3O2. The Hall–Kier alpha value is -2.48. The van der Waals surface area contributed by atoms with Crippen LogP contribution in [0.25, 0.3) is 0 Å². The smallest absolute Gasteiger partial charge is 0.319 e. The van der Waals surface area contributed by atoms with E-state index in [1.165, 1.54) is 41.3 Å². The predicted octanol–water partition coefficient (Wildman–Crippen LogP) is 3.65. The van der Waals surface area contributed by atoms with Crippen LogP contribution in [0.4, 0.5) is 25.0 Å². The fraction of sp³-hybridized carbons (Fsp3) is 0.176. The lowest BCUT2D eigenvalue weighted by atomic mass is 10.2. The van der Waals surface area contributed by atoms with Gasteiger partial charge >= 0.3 is 6.03 Å².